The number of aromatic nitrogens is 3. The summed E-state index contributed by atoms with van der Waals surface area (Å²) in [5.41, 5.74) is 2.49. The third-order valence-electron chi connectivity index (χ3n) is 4.59. The van der Waals surface area contributed by atoms with Crippen molar-refractivity contribution in [1.82, 2.24) is 19.9 Å². The molecule has 0 bridgehead atoms. The smallest absolute Gasteiger partial charge is 0.272 e. The van der Waals surface area contributed by atoms with Crippen LogP contribution in [0.3, 0.4) is 0 Å². The molecular formula is C21H21N5O3. The Labute approximate surface area is 168 Å². The summed E-state index contributed by atoms with van der Waals surface area (Å²) in [6.07, 6.45) is 5.84. The molecule has 8 nitrogen and oxygen atoms in total. The van der Waals surface area contributed by atoms with Crippen LogP contribution in [-0.2, 0) is 13.0 Å². The van der Waals surface area contributed by atoms with Crippen LogP contribution in [0.1, 0.15) is 21.6 Å². The van der Waals surface area contributed by atoms with Gasteiger partial charge in [-0.15, -0.1) is 0 Å². The minimum Gasteiger partial charge on any atom is -0.454 e. The molecule has 29 heavy (non-hydrogen) atoms. The Hall–Kier alpha value is -3.68. The number of amides is 1. The number of rotatable bonds is 7. The first-order chi connectivity index (χ1) is 14.2. The van der Waals surface area contributed by atoms with Crippen LogP contribution < -0.4 is 14.8 Å². The van der Waals surface area contributed by atoms with Gasteiger partial charge >= 0.3 is 0 Å². The van der Waals surface area contributed by atoms with E-state index in [0.29, 0.717) is 24.7 Å². The number of pyridine rings is 1. The number of carbonyl (C=O) groups excluding carboxylic acids is 1. The zero-order valence-electron chi connectivity index (χ0n) is 16.0. The molecule has 1 amide bonds. The fraction of sp³-hybridized carbons (Fsp3) is 0.238. The lowest BCUT2D eigenvalue weighted by molar-refractivity contribution is 0.0791. The molecule has 0 unspecified atom stereocenters. The van der Waals surface area contributed by atoms with Gasteiger partial charge in [0.2, 0.25) is 12.7 Å². The zero-order chi connectivity index (χ0) is 20.1. The molecule has 148 valence electrons. The summed E-state index contributed by atoms with van der Waals surface area (Å²) in [7, 11) is 1.77. The van der Waals surface area contributed by atoms with E-state index >= 15 is 0 Å². The highest BCUT2D eigenvalue weighted by atomic mass is 16.7. The van der Waals surface area contributed by atoms with E-state index in [1.165, 1.54) is 0 Å². The summed E-state index contributed by atoms with van der Waals surface area (Å²) in [6, 6.07) is 11.2. The first-order valence-electron chi connectivity index (χ1n) is 9.29. The van der Waals surface area contributed by atoms with Crippen LogP contribution in [0.5, 0.6) is 11.5 Å². The SMILES string of the molecule is CN(CCc1ccncc1)C(=O)c1ccnc(NCc2ccc3c(c2)OCO3)n1. The maximum atomic E-state index is 12.7. The molecule has 0 atom stereocenters. The van der Waals surface area contributed by atoms with E-state index in [4.69, 9.17) is 9.47 Å². The van der Waals surface area contributed by atoms with E-state index in [9.17, 15) is 4.79 Å². The second kappa shape index (κ2) is 8.55. The quantitative estimate of drug-likeness (QED) is 0.662. The number of fused-ring (bicyclic) bond motifs is 1. The average Bonchev–Trinajstić information content (AvgIpc) is 3.24. The second-order valence-corrected chi connectivity index (χ2v) is 6.64. The van der Waals surface area contributed by atoms with Gasteiger partial charge in [0.05, 0.1) is 0 Å². The van der Waals surface area contributed by atoms with Gasteiger partial charge in [-0.2, -0.15) is 0 Å². The van der Waals surface area contributed by atoms with E-state index in [-0.39, 0.29) is 12.7 Å². The van der Waals surface area contributed by atoms with Gasteiger partial charge in [0.25, 0.3) is 5.91 Å². The van der Waals surface area contributed by atoms with E-state index in [0.717, 1.165) is 29.0 Å². The van der Waals surface area contributed by atoms with Crippen LogP contribution in [-0.4, -0.2) is 46.1 Å². The van der Waals surface area contributed by atoms with Crippen molar-refractivity contribution in [3.8, 4) is 11.5 Å². The lowest BCUT2D eigenvalue weighted by Crippen LogP contribution is -2.29. The van der Waals surface area contributed by atoms with E-state index in [1.807, 2.05) is 30.3 Å². The number of hydrogen-bond donors (Lipinski definition) is 1. The minimum absolute atomic E-state index is 0.146. The molecule has 0 saturated heterocycles. The van der Waals surface area contributed by atoms with Crippen molar-refractivity contribution in [2.45, 2.75) is 13.0 Å². The number of carbonyl (C=O) groups is 1. The number of anilines is 1. The Kier molecular flexibility index (Phi) is 5.51. The summed E-state index contributed by atoms with van der Waals surface area (Å²) in [6.45, 7) is 1.34. The van der Waals surface area contributed by atoms with Crippen LogP contribution in [0.25, 0.3) is 0 Å². The Morgan fingerprint density at radius 3 is 2.76 bits per heavy atom. The van der Waals surface area contributed by atoms with E-state index in [1.54, 1.807) is 36.6 Å². The first-order valence-corrected chi connectivity index (χ1v) is 9.29. The van der Waals surface area contributed by atoms with Gasteiger partial charge in [-0.05, 0) is 47.9 Å². The fourth-order valence-corrected chi connectivity index (χ4v) is 2.94. The summed E-state index contributed by atoms with van der Waals surface area (Å²) in [4.78, 5) is 26.9. The zero-order valence-corrected chi connectivity index (χ0v) is 16.0. The Morgan fingerprint density at radius 1 is 1.07 bits per heavy atom. The molecular weight excluding hydrogens is 370 g/mol. The van der Waals surface area contributed by atoms with Crippen molar-refractivity contribution in [2.24, 2.45) is 0 Å². The molecule has 4 rings (SSSR count). The molecule has 1 aliphatic heterocycles. The topological polar surface area (TPSA) is 89.5 Å². The van der Waals surface area contributed by atoms with Gasteiger partial charge in [-0.1, -0.05) is 6.07 Å². The molecule has 0 spiro atoms. The van der Waals surface area contributed by atoms with Crippen LogP contribution in [0, 0.1) is 0 Å². The average molecular weight is 391 g/mol. The number of nitrogens with zero attached hydrogens (tertiary/aromatic N) is 4. The van der Waals surface area contributed by atoms with Gasteiger partial charge in [-0.3, -0.25) is 9.78 Å². The first kappa shape index (κ1) is 18.7. The van der Waals surface area contributed by atoms with E-state index < -0.39 is 0 Å². The standard InChI is InChI=1S/C21H21N5O3/c1-26(11-7-15-4-8-22-9-5-15)20(27)17-6-10-23-21(25-17)24-13-16-2-3-18-19(12-16)29-14-28-18/h2-6,8-10,12H,7,11,13-14H2,1H3,(H,23,24,25). The van der Waals surface area contributed by atoms with Crippen LogP contribution in [0.15, 0.2) is 55.0 Å². The second-order valence-electron chi connectivity index (χ2n) is 6.64. The lowest BCUT2D eigenvalue weighted by Gasteiger charge is -2.17. The van der Waals surface area contributed by atoms with Crippen molar-refractivity contribution in [3.05, 3.63) is 71.8 Å². The Morgan fingerprint density at radius 2 is 1.90 bits per heavy atom. The summed E-state index contributed by atoms with van der Waals surface area (Å²) >= 11 is 0. The highest BCUT2D eigenvalue weighted by Crippen LogP contribution is 2.32. The van der Waals surface area contributed by atoms with Crippen molar-refractivity contribution in [1.29, 1.82) is 0 Å². The lowest BCUT2D eigenvalue weighted by atomic mass is 10.2. The van der Waals surface area contributed by atoms with Crippen LogP contribution in [0.2, 0.25) is 0 Å². The molecule has 1 aromatic carbocycles. The Balaban J connectivity index is 1.35. The number of hydrogen-bond acceptors (Lipinski definition) is 7. The van der Waals surface area contributed by atoms with Crippen LogP contribution >= 0.6 is 0 Å². The van der Waals surface area contributed by atoms with Crippen molar-refractivity contribution in [3.63, 3.8) is 0 Å². The van der Waals surface area contributed by atoms with Crippen molar-refractivity contribution < 1.29 is 14.3 Å². The Bertz CT molecular complexity index is 997. The largest absolute Gasteiger partial charge is 0.454 e. The summed E-state index contributed by atoms with van der Waals surface area (Å²) in [5.74, 6) is 1.72. The van der Waals surface area contributed by atoms with Gasteiger partial charge in [-0.25, -0.2) is 9.97 Å². The van der Waals surface area contributed by atoms with Gasteiger partial charge in [0, 0.05) is 38.7 Å². The molecule has 0 fully saturated rings. The highest BCUT2D eigenvalue weighted by molar-refractivity contribution is 5.92. The monoisotopic (exact) mass is 391 g/mol. The number of benzene rings is 1. The minimum atomic E-state index is -0.146. The molecule has 0 saturated carbocycles. The van der Waals surface area contributed by atoms with Gasteiger partial charge < -0.3 is 19.7 Å². The normalized spacial score (nSPS) is 11.9. The predicted octanol–water partition coefficient (Wildman–Crippen LogP) is 2.53. The number of nitrogens with one attached hydrogen (secondary N) is 1. The maximum Gasteiger partial charge on any atom is 0.272 e. The molecule has 2 aromatic heterocycles. The number of ether oxygens (including phenoxy) is 2. The molecule has 0 radical (unpaired) electrons. The molecule has 3 heterocycles. The molecule has 0 aliphatic carbocycles. The van der Waals surface area contributed by atoms with E-state index in [2.05, 4.69) is 20.3 Å². The molecule has 8 heteroatoms. The highest BCUT2D eigenvalue weighted by Gasteiger charge is 2.15. The fourth-order valence-electron chi connectivity index (χ4n) is 2.94. The van der Waals surface area contributed by atoms with Gasteiger partial charge in [0.15, 0.2) is 11.5 Å². The molecule has 1 aliphatic rings. The third kappa shape index (κ3) is 4.60. The predicted molar refractivity (Wildman–Crippen MR) is 107 cm³/mol. The molecule has 1 N–H and O–H groups in total. The van der Waals surface area contributed by atoms with Crippen molar-refractivity contribution >= 4 is 11.9 Å². The van der Waals surface area contributed by atoms with Gasteiger partial charge in [0.1, 0.15) is 5.69 Å². The summed E-state index contributed by atoms with van der Waals surface area (Å²) < 4.78 is 10.7. The van der Waals surface area contributed by atoms with Crippen molar-refractivity contribution in [2.75, 3.05) is 25.7 Å². The maximum absolute atomic E-state index is 12.7. The van der Waals surface area contributed by atoms with Crippen LogP contribution in [0.4, 0.5) is 5.95 Å². The third-order valence-corrected chi connectivity index (χ3v) is 4.59. The summed E-state index contributed by atoms with van der Waals surface area (Å²) in [5, 5.41) is 3.15. The molecule has 3 aromatic rings. The number of likely N-dealkylation sites (N-methyl/N-ethyl adjacent to an activating group) is 1.